The molecule has 0 aromatic rings. The maximum absolute atomic E-state index is 8.25. The van der Waals surface area contributed by atoms with Gasteiger partial charge in [0.25, 0.3) is 0 Å². The van der Waals surface area contributed by atoms with E-state index in [2.05, 4.69) is 4.99 Å². The lowest BCUT2D eigenvalue weighted by Crippen LogP contribution is -2.14. The van der Waals surface area contributed by atoms with Crippen LogP contribution in [0.5, 0.6) is 0 Å². The Morgan fingerprint density at radius 3 is 2.75 bits per heavy atom. The Balaban J connectivity index is 2.31. The first kappa shape index (κ1) is 5.56. The van der Waals surface area contributed by atoms with E-state index in [0.29, 0.717) is 11.8 Å². The highest BCUT2D eigenvalue weighted by Gasteiger charge is 2.24. The number of amidine groups is 1. The molecule has 3 nitrogen and oxygen atoms in total. The van der Waals surface area contributed by atoms with Crippen LogP contribution in [0.2, 0.25) is 0 Å². The standard InChI is InChI=1S/C5H10N2O/c6-5(7-3-8)4-1-2-4/h4,8H,1-3H2,(H2,6,7). The van der Waals surface area contributed by atoms with Crippen molar-refractivity contribution in [3.8, 4) is 0 Å². The Bertz CT molecular complexity index is 107. The molecule has 0 heterocycles. The zero-order valence-corrected chi connectivity index (χ0v) is 4.67. The van der Waals surface area contributed by atoms with Gasteiger partial charge >= 0.3 is 0 Å². The van der Waals surface area contributed by atoms with Gasteiger partial charge in [0.15, 0.2) is 0 Å². The van der Waals surface area contributed by atoms with Gasteiger partial charge in [0.2, 0.25) is 0 Å². The summed E-state index contributed by atoms with van der Waals surface area (Å²) in [6.45, 7) is -0.164. The lowest BCUT2D eigenvalue weighted by Gasteiger charge is -1.91. The summed E-state index contributed by atoms with van der Waals surface area (Å²) in [6, 6.07) is 0. The summed E-state index contributed by atoms with van der Waals surface area (Å²) in [5, 5.41) is 8.25. The smallest absolute Gasteiger partial charge is 0.136 e. The highest BCUT2D eigenvalue weighted by atomic mass is 16.3. The van der Waals surface area contributed by atoms with Crippen LogP contribution in [0.4, 0.5) is 0 Å². The van der Waals surface area contributed by atoms with Gasteiger partial charge in [-0.25, -0.2) is 4.99 Å². The first-order valence-electron chi connectivity index (χ1n) is 2.75. The van der Waals surface area contributed by atoms with Crippen LogP contribution in [-0.2, 0) is 0 Å². The molecule has 1 rings (SSSR count). The number of nitrogens with zero attached hydrogens (tertiary/aromatic N) is 1. The van der Waals surface area contributed by atoms with Crippen LogP contribution < -0.4 is 5.73 Å². The maximum Gasteiger partial charge on any atom is 0.136 e. The van der Waals surface area contributed by atoms with Crippen LogP contribution in [0.3, 0.4) is 0 Å². The number of hydrogen-bond acceptors (Lipinski definition) is 2. The molecule has 1 aliphatic rings. The molecule has 1 aliphatic carbocycles. The molecule has 0 atom stereocenters. The van der Waals surface area contributed by atoms with Gasteiger partial charge in [-0.1, -0.05) is 0 Å². The largest absolute Gasteiger partial charge is 0.387 e. The van der Waals surface area contributed by atoms with E-state index in [1.54, 1.807) is 0 Å². The van der Waals surface area contributed by atoms with E-state index in [4.69, 9.17) is 10.8 Å². The molecule has 0 spiro atoms. The van der Waals surface area contributed by atoms with Crippen molar-refractivity contribution in [3.63, 3.8) is 0 Å². The fraction of sp³-hybridized carbons (Fsp3) is 0.800. The van der Waals surface area contributed by atoms with Gasteiger partial charge in [-0.2, -0.15) is 0 Å². The maximum atomic E-state index is 8.25. The van der Waals surface area contributed by atoms with Gasteiger partial charge < -0.3 is 10.8 Å². The van der Waals surface area contributed by atoms with E-state index in [1.165, 1.54) is 0 Å². The van der Waals surface area contributed by atoms with Crippen LogP contribution >= 0.6 is 0 Å². The third-order valence-electron chi connectivity index (χ3n) is 1.25. The summed E-state index contributed by atoms with van der Waals surface area (Å²) in [7, 11) is 0. The number of nitrogens with two attached hydrogens (primary N) is 1. The minimum Gasteiger partial charge on any atom is -0.387 e. The SMILES string of the molecule is NC(=NCO)C1CC1. The van der Waals surface area contributed by atoms with E-state index < -0.39 is 0 Å². The average Bonchev–Trinajstić information content (AvgIpc) is 2.45. The van der Waals surface area contributed by atoms with Crippen molar-refractivity contribution in [2.75, 3.05) is 6.73 Å². The van der Waals surface area contributed by atoms with Gasteiger partial charge in [0.1, 0.15) is 6.73 Å². The second-order valence-corrected chi connectivity index (χ2v) is 2.00. The van der Waals surface area contributed by atoms with E-state index in [1.807, 2.05) is 0 Å². The predicted octanol–water partition coefficient (Wildman–Crippen LogP) is -0.297. The Morgan fingerprint density at radius 2 is 2.38 bits per heavy atom. The van der Waals surface area contributed by atoms with Crippen molar-refractivity contribution >= 4 is 5.84 Å². The topological polar surface area (TPSA) is 58.6 Å². The molecule has 0 amide bonds. The third kappa shape index (κ3) is 1.20. The number of aliphatic hydroxyl groups is 1. The molecule has 0 saturated heterocycles. The first-order chi connectivity index (χ1) is 3.84. The summed E-state index contributed by atoms with van der Waals surface area (Å²) >= 11 is 0. The zero-order chi connectivity index (χ0) is 5.98. The van der Waals surface area contributed by atoms with Crippen molar-refractivity contribution < 1.29 is 5.11 Å². The van der Waals surface area contributed by atoms with Crippen molar-refractivity contribution in [3.05, 3.63) is 0 Å². The summed E-state index contributed by atoms with van der Waals surface area (Å²) in [5.41, 5.74) is 5.38. The zero-order valence-electron chi connectivity index (χ0n) is 4.67. The lowest BCUT2D eigenvalue weighted by atomic mass is 10.4. The van der Waals surface area contributed by atoms with Crippen LogP contribution in [0.25, 0.3) is 0 Å². The van der Waals surface area contributed by atoms with Gasteiger partial charge in [-0.15, -0.1) is 0 Å². The molecule has 8 heavy (non-hydrogen) atoms. The van der Waals surface area contributed by atoms with Crippen LogP contribution in [0.1, 0.15) is 12.8 Å². The second-order valence-electron chi connectivity index (χ2n) is 2.00. The van der Waals surface area contributed by atoms with Crippen LogP contribution in [-0.4, -0.2) is 17.7 Å². The van der Waals surface area contributed by atoms with E-state index >= 15 is 0 Å². The summed E-state index contributed by atoms with van der Waals surface area (Å²) in [5.74, 6) is 1.11. The molecule has 0 aromatic heterocycles. The summed E-state index contributed by atoms with van der Waals surface area (Å²) in [4.78, 5) is 3.64. The fourth-order valence-corrected chi connectivity index (χ4v) is 0.590. The minimum atomic E-state index is -0.164. The molecule has 0 radical (unpaired) electrons. The van der Waals surface area contributed by atoms with E-state index in [-0.39, 0.29) is 6.73 Å². The number of rotatable bonds is 2. The van der Waals surface area contributed by atoms with Crippen LogP contribution in [0.15, 0.2) is 4.99 Å². The highest BCUT2D eigenvalue weighted by molar-refractivity contribution is 5.84. The number of hydrogen-bond donors (Lipinski definition) is 2. The van der Waals surface area contributed by atoms with Crippen molar-refractivity contribution in [2.45, 2.75) is 12.8 Å². The molecule has 46 valence electrons. The average molecular weight is 114 g/mol. The molecule has 3 heteroatoms. The molecular formula is C5H10N2O. The quantitative estimate of drug-likeness (QED) is 0.382. The van der Waals surface area contributed by atoms with Crippen molar-refractivity contribution in [2.24, 2.45) is 16.6 Å². The Kier molecular flexibility index (Phi) is 1.48. The third-order valence-corrected chi connectivity index (χ3v) is 1.25. The molecule has 1 saturated carbocycles. The molecule has 0 bridgehead atoms. The summed E-state index contributed by atoms with van der Waals surface area (Å²) < 4.78 is 0. The van der Waals surface area contributed by atoms with Crippen molar-refractivity contribution in [1.29, 1.82) is 0 Å². The van der Waals surface area contributed by atoms with Crippen LogP contribution in [0, 0.1) is 5.92 Å². The van der Waals surface area contributed by atoms with E-state index in [0.717, 1.165) is 12.8 Å². The van der Waals surface area contributed by atoms with E-state index in [9.17, 15) is 0 Å². The Hall–Kier alpha value is -0.570. The highest BCUT2D eigenvalue weighted by Crippen LogP contribution is 2.28. The van der Waals surface area contributed by atoms with Crippen molar-refractivity contribution in [1.82, 2.24) is 0 Å². The number of aliphatic imine (C=N–C) groups is 1. The first-order valence-corrected chi connectivity index (χ1v) is 2.75. The monoisotopic (exact) mass is 114 g/mol. The van der Waals surface area contributed by atoms with Gasteiger partial charge in [0, 0.05) is 5.92 Å². The predicted molar refractivity (Wildman–Crippen MR) is 31.4 cm³/mol. The minimum absolute atomic E-state index is 0.164. The molecule has 1 fully saturated rings. The second kappa shape index (κ2) is 2.13. The summed E-state index contributed by atoms with van der Waals surface area (Å²) in [6.07, 6.45) is 2.30. The van der Waals surface area contributed by atoms with Gasteiger partial charge in [0.05, 0.1) is 5.84 Å². The Morgan fingerprint density at radius 1 is 1.75 bits per heavy atom. The normalized spacial score (nSPS) is 21.4. The van der Waals surface area contributed by atoms with Gasteiger partial charge in [-0.05, 0) is 12.8 Å². The molecule has 0 aromatic carbocycles. The lowest BCUT2D eigenvalue weighted by molar-refractivity contribution is 0.309. The Labute approximate surface area is 48.2 Å². The molecule has 0 aliphatic heterocycles. The molecular weight excluding hydrogens is 104 g/mol. The number of aliphatic hydroxyl groups excluding tert-OH is 1. The molecule has 3 N–H and O–H groups in total. The fourth-order valence-electron chi connectivity index (χ4n) is 0.590. The molecule has 0 unspecified atom stereocenters. The van der Waals surface area contributed by atoms with Gasteiger partial charge in [-0.3, -0.25) is 0 Å².